The number of rotatable bonds is 2. The molecule has 0 saturated heterocycles. The van der Waals surface area contributed by atoms with Crippen molar-refractivity contribution >= 4 is 17.3 Å². The molecule has 0 radical (unpaired) electrons. The zero-order valence-electron chi connectivity index (χ0n) is 20.7. The molecule has 0 amide bonds. The number of phenolic OH excluding ortho intramolecular Hbond substituents is 1. The molecule has 8 nitrogen and oxygen atoms in total. The average molecular weight is 493 g/mol. The number of ketones is 3. The fourth-order valence-electron chi connectivity index (χ4n) is 6.94. The van der Waals surface area contributed by atoms with Gasteiger partial charge in [0.25, 0.3) is 0 Å². The average Bonchev–Trinajstić information content (AvgIpc) is 3.34. The van der Waals surface area contributed by atoms with Gasteiger partial charge in [0.15, 0.2) is 17.2 Å². The molecule has 5 rings (SSSR count). The fraction of sp³-hybridized carbons (Fsp3) is 0.393. The number of phenols is 1. The quantitative estimate of drug-likeness (QED) is 0.464. The Bertz CT molecular complexity index is 1430. The second kappa shape index (κ2) is 7.27. The van der Waals surface area contributed by atoms with Crippen molar-refractivity contribution in [1.29, 1.82) is 0 Å². The molecule has 0 unspecified atom stereocenters. The molecule has 1 aromatic heterocycles. The number of aliphatic hydroxyl groups excluding tert-OH is 2. The predicted molar refractivity (Wildman–Crippen MR) is 128 cm³/mol. The van der Waals surface area contributed by atoms with Crippen molar-refractivity contribution < 1.29 is 39.2 Å². The lowest BCUT2D eigenvalue weighted by Gasteiger charge is -2.60. The maximum absolute atomic E-state index is 14.0. The fourth-order valence-corrected chi connectivity index (χ4v) is 6.94. The summed E-state index contributed by atoms with van der Waals surface area (Å²) in [5, 5.41) is 46.1. The number of allylic oxidation sites excluding steroid dienone is 1. The van der Waals surface area contributed by atoms with Crippen LogP contribution < -0.4 is 0 Å². The highest BCUT2D eigenvalue weighted by Crippen LogP contribution is 2.66. The second-order valence-corrected chi connectivity index (χ2v) is 10.7. The third-order valence-corrected chi connectivity index (χ3v) is 8.88. The first-order valence-electron chi connectivity index (χ1n) is 11.8. The summed E-state index contributed by atoms with van der Waals surface area (Å²) in [4.78, 5) is 39.9. The lowest BCUT2D eigenvalue weighted by Crippen LogP contribution is -2.70. The van der Waals surface area contributed by atoms with Crippen molar-refractivity contribution in [2.24, 2.45) is 10.8 Å². The maximum Gasteiger partial charge on any atom is 0.206 e. The summed E-state index contributed by atoms with van der Waals surface area (Å²) in [5.41, 5.74) is -5.15. The molecule has 36 heavy (non-hydrogen) atoms. The third kappa shape index (κ3) is 2.53. The van der Waals surface area contributed by atoms with Gasteiger partial charge >= 0.3 is 0 Å². The first-order valence-corrected chi connectivity index (χ1v) is 11.8. The minimum atomic E-state index is -2.71. The van der Waals surface area contributed by atoms with E-state index in [1.165, 1.54) is 26.2 Å². The summed E-state index contributed by atoms with van der Waals surface area (Å²) in [6, 6.07) is 6.36. The van der Waals surface area contributed by atoms with E-state index in [0.29, 0.717) is 22.5 Å². The summed E-state index contributed by atoms with van der Waals surface area (Å²) < 4.78 is 5.57. The molecule has 0 fully saturated rings. The Labute approximate surface area is 207 Å². The molecular formula is C28H28O8. The van der Waals surface area contributed by atoms with Gasteiger partial charge in [0, 0.05) is 16.4 Å². The number of carbonyl (C=O) groups is 3. The van der Waals surface area contributed by atoms with Crippen molar-refractivity contribution in [1.82, 2.24) is 0 Å². The molecule has 188 valence electrons. The molecule has 1 heterocycles. The first kappa shape index (κ1) is 24.2. The third-order valence-electron chi connectivity index (χ3n) is 8.88. The molecule has 1 aromatic carbocycles. The minimum absolute atomic E-state index is 0.0584. The minimum Gasteiger partial charge on any atom is -0.508 e. The zero-order valence-corrected chi connectivity index (χ0v) is 20.7. The monoisotopic (exact) mass is 492 g/mol. The molecule has 4 N–H and O–H groups in total. The molecule has 8 heteroatoms. The molecule has 2 aromatic rings. The summed E-state index contributed by atoms with van der Waals surface area (Å²) in [6.07, 6.45) is -0.0709. The first-order chi connectivity index (χ1) is 16.7. The normalized spacial score (nSPS) is 33.9. The van der Waals surface area contributed by atoms with E-state index in [2.05, 4.69) is 0 Å². The zero-order chi connectivity index (χ0) is 26.5. The maximum atomic E-state index is 14.0. The van der Waals surface area contributed by atoms with Crippen molar-refractivity contribution in [3.8, 4) is 17.1 Å². The molecule has 0 saturated carbocycles. The van der Waals surface area contributed by atoms with Crippen molar-refractivity contribution in [3.05, 3.63) is 64.1 Å². The van der Waals surface area contributed by atoms with E-state index in [1.54, 1.807) is 39.0 Å². The highest BCUT2D eigenvalue weighted by atomic mass is 16.4. The summed E-state index contributed by atoms with van der Waals surface area (Å²) in [6.45, 7) is 7.63. The van der Waals surface area contributed by atoms with Crippen LogP contribution in [0.1, 0.15) is 62.9 Å². The number of aromatic hydroxyl groups is 1. The van der Waals surface area contributed by atoms with E-state index in [0.717, 1.165) is 0 Å². The van der Waals surface area contributed by atoms with Gasteiger partial charge in [0.1, 0.15) is 17.3 Å². The van der Waals surface area contributed by atoms with Crippen LogP contribution in [-0.4, -0.2) is 49.5 Å². The van der Waals surface area contributed by atoms with E-state index in [-0.39, 0.29) is 28.9 Å². The molecule has 0 bridgehead atoms. The number of hydrogen-bond acceptors (Lipinski definition) is 8. The number of carbonyl (C=O) groups excluding carboxylic acids is 3. The van der Waals surface area contributed by atoms with Crippen LogP contribution >= 0.6 is 0 Å². The Kier molecular flexibility index (Phi) is 4.89. The van der Waals surface area contributed by atoms with E-state index < -0.39 is 51.6 Å². The molecule has 3 aliphatic carbocycles. The van der Waals surface area contributed by atoms with Crippen molar-refractivity contribution in [2.45, 2.75) is 58.7 Å². The largest absolute Gasteiger partial charge is 0.508 e. The Hall–Kier alpha value is -3.49. The van der Waals surface area contributed by atoms with E-state index in [9.17, 15) is 34.8 Å². The number of furan rings is 1. The standard InChI is InChI=1S/C28H28O8/c1-12-11-26(4)25(34)27(5)13(2)19-15(17-7-6-10-36-17)8-9-16(30)20(19)22(31)21(27)24(33)28(26,35)23(32)18(12)14(3)29/h6-10,13,25,30,33-35H,11H2,1-5H3/t13-,25+,26+,27+,28+/m1/s1. The van der Waals surface area contributed by atoms with Gasteiger partial charge in [-0.3, -0.25) is 14.4 Å². The van der Waals surface area contributed by atoms with Crippen LogP contribution in [0.3, 0.4) is 0 Å². The number of hydrogen-bond donors (Lipinski definition) is 4. The molecule has 0 spiro atoms. The molecule has 3 aliphatic rings. The van der Waals surface area contributed by atoms with Gasteiger partial charge in [0.2, 0.25) is 5.78 Å². The summed E-state index contributed by atoms with van der Waals surface area (Å²) in [7, 11) is 0. The van der Waals surface area contributed by atoms with Crippen LogP contribution in [0.4, 0.5) is 0 Å². The van der Waals surface area contributed by atoms with Crippen LogP contribution in [0, 0.1) is 10.8 Å². The van der Waals surface area contributed by atoms with Gasteiger partial charge in [-0.1, -0.05) is 26.3 Å². The van der Waals surface area contributed by atoms with Crippen LogP contribution in [0.2, 0.25) is 0 Å². The van der Waals surface area contributed by atoms with Gasteiger partial charge in [0.05, 0.1) is 29.1 Å². The number of Topliss-reactive ketones (excluding diaryl/α,β-unsaturated/α-hetero) is 3. The Morgan fingerprint density at radius 2 is 1.81 bits per heavy atom. The lowest BCUT2D eigenvalue weighted by molar-refractivity contribution is -0.188. The van der Waals surface area contributed by atoms with E-state index in [4.69, 9.17) is 4.42 Å². The van der Waals surface area contributed by atoms with Crippen molar-refractivity contribution in [2.75, 3.05) is 0 Å². The van der Waals surface area contributed by atoms with Gasteiger partial charge in [-0.2, -0.15) is 0 Å². The van der Waals surface area contributed by atoms with Gasteiger partial charge in [-0.15, -0.1) is 0 Å². The summed E-state index contributed by atoms with van der Waals surface area (Å²) in [5.74, 6) is -3.89. The van der Waals surface area contributed by atoms with Crippen LogP contribution in [0.25, 0.3) is 11.3 Å². The van der Waals surface area contributed by atoms with Crippen LogP contribution in [0.5, 0.6) is 5.75 Å². The second-order valence-electron chi connectivity index (χ2n) is 10.7. The summed E-state index contributed by atoms with van der Waals surface area (Å²) >= 11 is 0. The van der Waals surface area contributed by atoms with E-state index in [1.807, 2.05) is 0 Å². The molecular weight excluding hydrogens is 464 g/mol. The number of benzene rings is 1. The highest BCUT2D eigenvalue weighted by Gasteiger charge is 2.72. The molecule has 0 aliphatic heterocycles. The van der Waals surface area contributed by atoms with E-state index >= 15 is 0 Å². The SMILES string of the molecule is CC(=O)C1=C(C)C[C@@]2(C)[C@H](O)[C@]3(C)C(=C(O)[C@@]2(O)C1=O)C(=O)c1c(O)ccc(-c2ccco2)c1[C@H]3C. The van der Waals surface area contributed by atoms with Crippen LogP contribution in [-0.2, 0) is 9.59 Å². The Morgan fingerprint density at radius 1 is 1.14 bits per heavy atom. The smallest absolute Gasteiger partial charge is 0.206 e. The Morgan fingerprint density at radius 3 is 2.39 bits per heavy atom. The number of fused-ring (bicyclic) bond motifs is 3. The van der Waals surface area contributed by atoms with Crippen LogP contribution in [0.15, 0.2) is 57.4 Å². The predicted octanol–water partition coefficient (Wildman–Crippen LogP) is 3.76. The topological polar surface area (TPSA) is 145 Å². The lowest BCUT2D eigenvalue weighted by atomic mass is 9.44. The van der Waals surface area contributed by atoms with Gasteiger partial charge < -0.3 is 24.8 Å². The number of aliphatic hydroxyl groups is 3. The molecule has 5 atom stereocenters. The van der Waals surface area contributed by atoms with Gasteiger partial charge in [-0.25, -0.2) is 0 Å². The van der Waals surface area contributed by atoms with Crippen molar-refractivity contribution in [3.63, 3.8) is 0 Å². The Balaban J connectivity index is 1.87. The highest BCUT2D eigenvalue weighted by molar-refractivity contribution is 6.25. The van der Waals surface area contributed by atoms with Gasteiger partial charge in [-0.05, 0) is 56.0 Å².